The van der Waals surface area contributed by atoms with Gasteiger partial charge in [0.2, 0.25) is 0 Å². The highest BCUT2D eigenvalue weighted by atomic mass is 16.4. The Hall–Kier alpha value is -1.61. The molecule has 0 atom stereocenters. The van der Waals surface area contributed by atoms with E-state index in [0.29, 0.717) is 17.4 Å². The first-order chi connectivity index (χ1) is 10.3. The third-order valence-corrected chi connectivity index (χ3v) is 3.63. The number of nitrogens with zero attached hydrogens (tertiary/aromatic N) is 1. The van der Waals surface area contributed by atoms with Gasteiger partial charge in [-0.25, -0.2) is 4.79 Å². The molecule has 0 amide bonds. The fraction of sp³-hybridized carbons (Fsp3) is 0.526. The van der Waals surface area contributed by atoms with Crippen LogP contribution in [0.25, 0.3) is 11.0 Å². The van der Waals surface area contributed by atoms with E-state index in [-0.39, 0.29) is 5.63 Å². The zero-order chi connectivity index (χ0) is 16.3. The first-order valence-electron chi connectivity index (χ1n) is 8.11. The summed E-state index contributed by atoms with van der Waals surface area (Å²) in [5.74, 6) is 1.21. The van der Waals surface area contributed by atoms with Crippen LogP contribution in [-0.2, 0) is 6.54 Å². The highest BCUT2D eigenvalue weighted by Crippen LogP contribution is 2.20. The zero-order valence-corrected chi connectivity index (χ0v) is 14.3. The average Bonchev–Trinajstić information content (AvgIpc) is 2.35. The largest absolute Gasteiger partial charge is 0.423 e. The molecule has 0 unspecified atom stereocenters. The first-order valence-corrected chi connectivity index (χ1v) is 8.11. The van der Waals surface area contributed by atoms with E-state index in [9.17, 15) is 4.79 Å². The van der Waals surface area contributed by atoms with Crippen LogP contribution in [-0.4, -0.2) is 18.0 Å². The molecule has 1 aromatic heterocycles. The van der Waals surface area contributed by atoms with E-state index in [1.807, 2.05) is 13.0 Å². The number of hydrogen-bond donors (Lipinski definition) is 0. The van der Waals surface area contributed by atoms with Gasteiger partial charge in [-0.2, -0.15) is 0 Å². The van der Waals surface area contributed by atoms with Crippen molar-refractivity contribution in [1.29, 1.82) is 0 Å². The van der Waals surface area contributed by atoms with Gasteiger partial charge in [0.25, 0.3) is 0 Å². The zero-order valence-electron chi connectivity index (χ0n) is 14.3. The van der Waals surface area contributed by atoms with Gasteiger partial charge in [-0.3, -0.25) is 4.90 Å². The van der Waals surface area contributed by atoms with Crippen LogP contribution in [0.2, 0.25) is 0 Å². The fourth-order valence-corrected chi connectivity index (χ4v) is 2.95. The molecule has 0 N–H and O–H groups in total. The van der Waals surface area contributed by atoms with Gasteiger partial charge in [0, 0.05) is 31.1 Å². The normalized spacial score (nSPS) is 12.0. The molecule has 0 aliphatic rings. The van der Waals surface area contributed by atoms with Crippen LogP contribution in [0.5, 0.6) is 0 Å². The lowest BCUT2D eigenvalue weighted by molar-refractivity contribution is 0.212. The summed E-state index contributed by atoms with van der Waals surface area (Å²) < 4.78 is 5.35. The molecule has 2 rings (SSSR count). The Labute approximate surface area is 132 Å². The molecular formula is C19H27NO2. The van der Waals surface area contributed by atoms with E-state index in [4.69, 9.17) is 4.42 Å². The van der Waals surface area contributed by atoms with Crippen LogP contribution < -0.4 is 5.63 Å². The van der Waals surface area contributed by atoms with Gasteiger partial charge in [-0.15, -0.1) is 0 Å². The van der Waals surface area contributed by atoms with Crippen LogP contribution in [0.4, 0.5) is 0 Å². The van der Waals surface area contributed by atoms with Crippen molar-refractivity contribution in [3.8, 4) is 0 Å². The third kappa shape index (κ3) is 4.44. The Bertz CT molecular complexity index is 675. The summed E-state index contributed by atoms with van der Waals surface area (Å²) in [4.78, 5) is 14.3. The third-order valence-electron chi connectivity index (χ3n) is 3.63. The second-order valence-corrected chi connectivity index (χ2v) is 7.07. The minimum atomic E-state index is -0.262. The number of fused-ring (bicyclic) bond motifs is 1. The van der Waals surface area contributed by atoms with E-state index in [0.717, 1.165) is 36.1 Å². The molecule has 0 radical (unpaired) electrons. The van der Waals surface area contributed by atoms with Crippen LogP contribution in [0.3, 0.4) is 0 Å². The number of benzene rings is 1. The van der Waals surface area contributed by atoms with Crippen molar-refractivity contribution in [2.75, 3.05) is 13.1 Å². The average molecular weight is 301 g/mol. The summed E-state index contributed by atoms with van der Waals surface area (Å²) in [6, 6.07) is 7.72. The van der Waals surface area contributed by atoms with Gasteiger partial charge in [0.15, 0.2) is 0 Å². The summed E-state index contributed by atoms with van der Waals surface area (Å²) in [7, 11) is 0. The van der Waals surface area contributed by atoms with Crippen molar-refractivity contribution in [3.05, 3.63) is 45.8 Å². The van der Waals surface area contributed by atoms with E-state index in [2.05, 4.69) is 44.7 Å². The smallest absolute Gasteiger partial charge is 0.336 e. The van der Waals surface area contributed by atoms with Crippen molar-refractivity contribution in [3.63, 3.8) is 0 Å². The molecule has 0 saturated heterocycles. The summed E-state index contributed by atoms with van der Waals surface area (Å²) in [5.41, 5.74) is 2.60. The lowest BCUT2D eigenvalue weighted by atomic mass is 10.1. The molecule has 3 nitrogen and oxygen atoms in total. The second-order valence-electron chi connectivity index (χ2n) is 7.07. The molecule has 2 aromatic rings. The van der Waals surface area contributed by atoms with Gasteiger partial charge in [0.1, 0.15) is 5.58 Å². The predicted molar refractivity (Wildman–Crippen MR) is 92.2 cm³/mol. The van der Waals surface area contributed by atoms with E-state index in [1.54, 1.807) is 6.07 Å². The Kier molecular flexibility index (Phi) is 5.41. The molecule has 1 heterocycles. The van der Waals surface area contributed by atoms with E-state index >= 15 is 0 Å². The van der Waals surface area contributed by atoms with Gasteiger partial charge >= 0.3 is 5.63 Å². The second kappa shape index (κ2) is 7.10. The van der Waals surface area contributed by atoms with E-state index in [1.165, 1.54) is 0 Å². The van der Waals surface area contributed by atoms with Crippen molar-refractivity contribution in [2.24, 2.45) is 11.8 Å². The van der Waals surface area contributed by atoms with Crippen LogP contribution in [0.1, 0.15) is 38.8 Å². The van der Waals surface area contributed by atoms with Gasteiger partial charge in [-0.1, -0.05) is 39.8 Å². The van der Waals surface area contributed by atoms with Gasteiger partial charge < -0.3 is 4.42 Å². The minimum absolute atomic E-state index is 0.262. The van der Waals surface area contributed by atoms with Crippen LogP contribution in [0, 0.1) is 18.8 Å². The highest BCUT2D eigenvalue weighted by Gasteiger charge is 2.13. The highest BCUT2D eigenvalue weighted by molar-refractivity contribution is 5.80. The molecule has 120 valence electrons. The summed E-state index contributed by atoms with van der Waals surface area (Å²) in [6.45, 7) is 13.8. The van der Waals surface area contributed by atoms with Crippen molar-refractivity contribution < 1.29 is 4.42 Å². The topological polar surface area (TPSA) is 33.5 Å². The summed E-state index contributed by atoms with van der Waals surface area (Å²) in [6.07, 6.45) is 0. The first kappa shape index (κ1) is 16.8. The lowest BCUT2D eigenvalue weighted by Gasteiger charge is -2.26. The SMILES string of the molecule is Cc1ccc2c(CN(CC(C)C)CC(C)C)cc(=O)oc2c1. The molecule has 0 bridgehead atoms. The Morgan fingerprint density at radius 1 is 1.05 bits per heavy atom. The lowest BCUT2D eigenvalue weighted by Crippen LogP contribution is -2.31. The maximum Gasteiger partial charge on any atom is 0.336 e. The maximum atomic E-state index is 11.9. The summed E-state index contributed by atoms with van der Waals surface area (Å²) in [5, 5.41) is 1.04. The fourth-order valence-electron chi connectivity index (χ4n) is 2.95. The molecule has 0 aliphatic heterocycles. The van der Waals surface area contributed by atoms with E-state index < -0.39 is 0 Å². The molecule has 0 fully saturated rings. The summed E-state index contributed by atoms with van der Waals surface area (Å²) >= 11 is 0. The van der Waals surface area contributed by atoms with Gasteiger partial charge in [0.05, 0.1) is 0 Å². The number of hydrogen-bond acceptors (Lipinski definition) is 3. The monoisotopic (exact) mass is 301 g/mol. The molecule has 0 saturated carbocycles. The van der Waals surface area contributed by atoms with Crippen LogP contribution >= 0.6 is 0 Å². The molecule has 0 aliphatic carbocycles. The van der Waals surface area contributed by atoms with Crippen molar-refractivity contribution >= 4 is 11.0 Å². The van der Waals surface area contributed by atoms with Crippen LogP contribution in [0.15, 0.2) is 33.5 Å². The minimum Gasteiger partial charge on any atom is -0.423 e. The standard InChI is InChI=1S/C19H27NO2/c1-13(2)10-20(11-14(3)4)12-16-9-19(21)22-18-8-15(5)6-7-17(16)18/h6-9,13-14H,10-12H2,1-5H3. The molecule has 1 aromatic carbocycles. The van der Waals surface area contributed by atoms with Gasteiger partial charge in [-0.05, 0) is 36.0 Å². The number of aryl methyl sites for hydroxylation is 1. The maximum absolute atomic E-state index is 11.9. The molecular weight excluding hydrogens is 274 g/mol. The molecule has 3 heteroatoms. The quantitative estimate of drug-likeness (QED) is 0.749. The van der Waals surface area contributed by atoms with Crippen molar-refractivity contribution in [2.45, 2.75) is 41.2 Å². The van der Waals surface area contributed by atoms with Crippen molar-refractivity contribution in [1.82, 2.24) is 4.90 Å². The Morgan fingerprint density at radius 3 is 2.27 bits per heavy atom. The Balaban J connectivity index is 2.37. The molecule has 22 heavy (non-hydrogen) atoms. The predicted octanol–water partition coefficient (Wildman–Crippen LogP) is 4.22. The Morgan fingerprint density at radius 2 is 1.68 bits per heavy atom. The molecule has 0 spiro atoms. The number of rotatable bonds is 6.